The number of hydrogen-bond acceptors (Lipinski definition) is 3. The largest absolute Gasteiger partial charge is 0.340 e. The molecule has 3 nitrogen and oxygen atoms in total. The molecule has 0 unspecified atom stereocenters. The topological polar surface area (TPSA) is 37.8 Å². The van der Waals surface area contributed by atoms with Crippen molar-refractivity contribution in [3.8, 4) is 11.1 Å². The van der Waals surface area contributed by atoms with Crippen molar-refractivity contribution in [2.75, 3.05) is 5.32 Å². The highest BCUT2D eigenvalue weighted by Gasteiger charge is 2.06. The minimum absolute atomic E-state index is 0.819. The molecule has 0 fully saturated rings. The molecule has 0 bridgehead atoms. The lowest BCUT2D eigenvalue weighted by atomic mass is 10.0. The Morgan fingerprint density at radius 1 is 0.652 bits per heavy atom. The first-order valence-corrected chi connectivity index (χ1v) is 7.52. The number of rotatable bonds is 3. The molecule has 23 heavy (non-hydrogen) atoms. The third-order valence-corrected chi connectivity index (χ3v) is 3.78. The summed E-state index contributed by atoms with van der Waals surface area (Å²) in [5.74, 6) is 0.819. The Balaban J connectivity index is 1.82. The summed E-state index contributed by atoms with van der Waals surface area (Å²) in [6.45, 7) is 0. The second-order valence-corrected chi connectivity index (χ2v) is 5.31. The van der Waals surface area contributed by atoms with Crippen LogP contribution in [0.2, 0.25) is 0 Å². The van der Waals surface area contributed by atoms with Crippen molar-refractivity contribution in [3.05, 3.63) is 85.2 Å². The van der Waals surface area contributed by atoms with Gasteiger partial charge in [0.1, 0.15) is 12.1 Å². The van der Waals surface area contributed by atoms with E-state index in [4.69, 9.17) is 0 Å². The molecule has 0 spiro atoms. The number of fused-ring (bicyclic) bond motifs is 1. The average molecular weight is 297 g/mol. The molecular weight excluding hydrogens is 282 g/mol. The molecule has 3 aromatic carbocycles. The number of anilines is 2. The van der Waals surface area contributed by atoms with Crippen LogP contribution in [0.4, 0.5) is 11.5 Å². The van der Waals surface area contributed by atoms with E-state index in [9.17, 15) is 0 Å². The number of benzene rings is 3. The van der Waals surface area contributed by atoms with Crippen LogP contribution in [0.5, 0.6) is 0 Å². The van der Waals surface area contributed by atoms with Gasteiger partial charge < -0.3 is 5.32 Å². The first-order chi connectivity index (χ1) is 11.4. The van der Waals surface area contributed by atoms with Gasteiger partial charge in [-0.1, -0.05) is 54.6 Å². The molecule has 1 heterocycles. The lowest BCUT2D eigenvalue weighted by molar-refractivity contribution is 1.22. The molecule has 1 N–H and O–H groups in total. The maximum absolute atomic E-state index is 4.41. The van der Waals surface area contributed by atoms with E-state index < -0.39 is 0 Å². The third-order valence-electron chi connectivity index (χ3n) is 3.78. The minimum Gasteiger partial charge on any atom is -0.340 e. The minimum atomic E-state index is 0.819. The first kappa shape index (κ1) is 13.5. The number of para-hydroxylation sites is 1. The molecule has 3 heteroatoms. The van der Waals surface area contributed by atoms with Gasteiger partial charge in [-0.05, 0) is 35.4 Å². The molecule has 0 atom stereocenters. The molecular formula is C20H15N3. The predicted octanol–water partition coefficient (Wildman–Crippen LogP) is 5.04. The van der Waals surface area contributed by atoms with Crippen molar-refractivity contribution >= 4 is 22.4 Å². The summed E-state index contributed by atoms with van der Waals surface area (Å²) in [5, 5.41) is 4.39. The first-order valence-electron chi connectivity index (χ1n) is 7.52. The molecule has 0 saturated heterocycles. The van der Waals surface area contributed by atoms with Crippen molar-refractivity contribution in [3.63, 3.8) is 0 Å². The third kappa shape index (κ3) is 2.77. The van der Waals surface area contributed by atoms with Crippen LogP contribution in [0.3, 0.4) is 0 Å². The number of nitrogens with zero attached hydrogens (tertiary/aromatic N) is 2. The quantitative estimate of drug-likeness (QED) is 0.575. The molecule has 0 aliphatic rings. The van der Waals surface area contributed by atoms with Crippen molar-refractivity contribution in [1.82, 2.24) is 9.97 Å². The Morgan fingerprint density at radius 3 is 2.17 bits per heavy atom. The van der Waals surface area contributed by atoms with Gasteiger partial charge in [0.25, 0.3) is 0 Å². The van der Waals surface area contributed by atoms with Gasteiger partial charge in [0.2, 0.25) is 0 Å². The Labute approximate surface area is 134 Å². The van der Waals surface area contributed by atoms with E-state index in [2.05, 4.69) is 39.6 Å². The van der Waals surface area contributed by atoms with Crippen LogP contribution in [-0.2, 0) is 0 Å². The molecule has 110 valence electrons. The second kappa shape index (κ2) is 5.89. The Bertz CT molecular complexity index is 935. The molecule has 4 rings (SSSR count). The van der Waals surface area contributed by atoms with Crippen molar-refractivity contribution in [1.29, 1.82) is 0 Å². The van der Waals surface area contributed by atoms with E-state index in [0.29, 0.717) is 0 Å². The summed E-state index contributed by atoms with van der Waals surface area (Å²) < 4.78 is 0. The van der Waals surface area contributed by atoms with Crippen molar-refractivity contribution < 1.29 is 0 Å². The highest BCUT2D eigenvalue weighted by atomic mass is 15.0. The maximum atomic E-state index is 4.41. The fourth-order valence-corrected chi connectivity index (χ4v) is 2.62. The lowest BCUT2D eigenvalue weighted by Crippen LogP contribution is -1.96. The predicted molar refractivity (Wildman–Crippen MR) is 94.7 cm³/mol. The molecule has 0 amide bonds. The fourth-order valence-electron chi connectivity index (χ4n) is 2.62. The average Bonchev–Trinajstić information content (AvgIpc) is 2.63. The van der Waals surface area contributed by atoms with Crippen LogP contribution in [-0.4, -0.2) is 9.97 Å². The van der Waals surface area contributed by atoms with Crippen LogP contribution in [0.1, 0.15) is 0 Å². The van der Waals surface area contributed by atoms with Crippen LogP contribution in [0, 0.1) is 0 Å². The summed E-state index contributed by atoms with van der Waals surface area (Å²) in [4.78, 5) is 8.78. The normalized spacial score (nSPS) is 10.6. The standard InChI is InChI=1S/C20H15N3/c1-3-7-15(8-4-1)16-11-12-19-18(13-16)20(22-14-21-19)23-17-9-5-2-6-10-17/h1-14H,(H,21,22,23). The summed E-state index contributed by atoms with van der Waals surface area (Å²) in [6, 6.07) is 26.6. The second-order valence-electron chi connectivity index (χ2n) is 5.31. The molecule has 0 aliphatic heterocycles. The summed E-state index contributed by atoms with van der Waals surface area (Å²) in [6.07, 6.45) is 1.59. The van der Waals surface area contributed by atoms with E-state index in [1.165, 1.54) is 5.56 Å². The maximum Gasteiger partial charge on any atom is 0.141 e. The van der Waals surface area contributed by atoms with Crippen LogP contribution < -0.4 is 5.32 Å². The van der Waals surface area contributed by atoms with E-state index in [-0.39, 0.29) is 0 Å². The van der Waals surface area contributed by atoms with Crippen molar-refractivity contribution in [2.24, 2.45) is 0 Å². The van der Waals surface area contributed by atoms with Gasteiger partial charge in [-0.25, -0.2) is 9.97 Å². The number of aromatic nitrogens is 2. The monoisotopic (exact) mass is 297 g/mol. The zero-order valence-electron chi connectivity index (χ0n) is 12.5. The summed E-state index contributed by atoms with van der Waals surface area (Å²) in [5.41, 5.74) is 4.28. The highest BCUT2D eigenvalue weighted by Crippen LogP contribution is 2.28. The summed E-state index contributed by atoms with van der Waals surface area (Å²) >= 11 is 0. The van der Waals surface area contributed by atoms with Crippen LogP contribution in [0.25, 0.3) is 22.0 Å². The van der Waals surface area contributed by atoms with Crippen LogP contribution >= 0.6 is 0 Å². The SMILES string of the molecule is c1ccc(Nc2ncnc3ccc(-c4ccccc4)cc23)cc1. The molecule has 0 radical (unpaired) electrons. The molecule has 1 aromatic heterocycles. The molecule has 0 saturated carbocycles. The van der Waals surface area contributed by atoms with Gasteiger partial charge in [-0.15, -0.1) is 0 Å². The highest BCUT2D eigenvalue weighted by molar-refractivity contribution is 5.93. The number of hydrogen-bond donors (Lipinski definition) is 1. The summed E-state index contributed by atoms with van der Waals surface area (Å²) in [7, 11) is 0. The zero-order chi connectivity index (χ0) is 15.5. The van der Waals surface area contributed by atoms with Crippen molar-refractivity contribution in [2.45, 2.75) is 0 Å². The molecule has 4 aromatic rings. The van der Waals surface area contributed by atoms with Gasteiger partial charge in [0.15, 0.2) is 0 Å². The van der Waals surface area contributed by atoms with Gasteiger partial charge >= 0.3 is 0 Å². The van der Waals surface area contributed by atoms with Gasteiger partial charge in [0.05, 0.1) is 5.52 Å². The fraction of sp³-hybridized carbons (Fsp3) is 0. The van der Waals surface area contributed by atoms with E-state index in [0.717, 1.165) is 28.0 Å². The Hall–Kier alpha value is -3.20. The molecule has 0 aliphatic carbocycles. The Morgan fingerprint density at radius 2 is 1.39 bits per heavy atom. The van der Waals surface area contributed by atoms with Gasteiger partial charge in [-0.2, -0.15) is 0 Å². The van der Waals surface area contributed by atoms with Crippen LogP contribution in [0.15, 0.2) is 85.2 Å². The van der Waals surface area contributed by atoms with Gasteiger partial charge in [-0.3, -0.25) is 0 Å². The van der Waals surface area contributed by atoms with E-state index in [1.54, 1.807) is 6.33 Å². The smallest absolute Gasteiger partial charge is 0.141 e. The zero-order valence-corrected chi connectivity index (χ0v) is 12.5. The lowest BCUT2D eigenvalue weighted by Gasteiger charge is -2.09. The number of nitrogens with one attached hydrogen (secondary N) is 1. The van der Waals surface area contributed by atoms with E-state index >= 15 is 0 Å². The van der Waals surface area contributed by atoms with E-state index in [1.807, 2.05) is 54.6 Å². The van der Waals surface area contributed by atoms with Gasteiger partial charge in [0, 0.05) is 11.1 Å². The Kier molecular flexibility index (Phi) is 3.45.